The predicted molar refractivity (Wildman–Crippen MR) is 105 cm³/mol. The maximum Gasteiger partial charge on any atom is 0.220 e. The number of pyridine rings is 1. The second kappa shape index (κ2) is 9.64. The molecule has 1 N–H and O–H groups in total. The van der Waals surface area contributed by atoms with Crippen molar-refractivity contribution in [3.8, 4) is 5.75 Å². The molecule has 1 aromatic carbocycles. The quantitative estimate of drug-likeness (QED) is 0.570. The van der Waals surface area contributed by atoms with Crippen LogP contribution in [0.15, 0.2) is 66.3 Å². The number of benzene rings is 1. The fourth-order valence-electron chi connectivity index (χ4n) is 2.43. The monoisotopic (exact) mass is 380 g/mol. The summed E-state index contributed by atoms with van der Waals surface area (Å²) in [6.07, 6.45) is 3.92. The van der Waals surface area contributed by atoms with E-state index in [1.165, 1.54) is 11.3 Å². The van der Waals surface area contributed by atoms with Gasteiger partial charge < -0.3 is 10.1 Å². The Morgan fingerprint density at radius 1 is 1.00 bits per heavy atom. The van der Waals surface area contributed by atoms with E-state index >= 15 is 0 Å². The SMILES string of the molecule is O=C(CCC(=O)c1cccs1)NCc1ccc(OCc2cccnc2)cc1. The number of aromatic nitrogens is 1. The Labute approximate surface area is 162 Å². The van der Waals surface area contributed by atoms with E-state index in [0.717, 1.165) is 16.9 Å². The minimum absolute atomic E-state index is 0.00951. The molecular formula is C21H20N2O3S. The Bertz CT molecular complexity index is 862. The lowest BCUT2D eigenvalue weighted by Crippen LogP contribution is -2.23. The molecule has 1 amide bonds. The van der Waals surface area contributed by atoms with Gasteiger partial charge in [-0.1, -0.05) is 24.3 Å². The third kappa shape index (κ3) is 6.04. The molecule has 0 saturated carbocycles. The molecule has 0 saturated heterocycles. The number of carbonyl (C=O) groups is 2. The summed E-state index contributed by atoms with van der Waals surface area (Å²) >= 11 is 1.40. The minimum atomic E-state index is -0.128. The van der Waals surface area contributed by atoms with Gasteiger partial charge in [0, 0.05) is 37.3 Å². The van der Waals surface area contributed by atoms with Crippen molar-refractivity contribution >= 4 is 23.0 Å². The van der Waals surface area contributed by atoms with Gasteiger partial charge in [0.05, 0.1) is 4.88 Å². The van der Waals surface area contributed by atoms with E-state index in [2.05, 4.69) is 10.3 Å². The molecule has 0 aliphatic rings. The van der Waals surface area contributed by atoms with E-state index in [1.54, 1.807) is 18.5 Å². The van der Waals surface area contributed by atoms with Crippen LogP contribution >= 0.6 is 11.3 Å². The Balaban J connectivity index is 1.39. The molecule has 0 fully saturated rings. The van der Waals surface area contributed by atoms with Crippen LogP contribution in [-0.4, -0.2) is 16.7 Å². The second-order valence-corrected chi connectivity index (χ2v) is 6.92. The van der Waals surface area contributed by atoms with Gasteiger partial charge in [0.15, 0.2) is 5.78 Å². The molecule has 27 heavy (non-hydrogen) atoms. The highest BCUT2D eigenvalue weighted by molar-refractivity contribution is 7.12. The first-order valence-electron chi connectivity index (χ1n) is 8.65. The van der Waals surface area contributed by atoms with Gasteiger partial charge in [-0.15, -0.1) is 11.3 Å². The van der Waals surface area contributed by atoms with Gasteiger partial charge in [0.25, 0.3) is 0 Å². The molecule has 3 rings (SSSR count). The summed E-state index contributed by atoms with van der Waals surface area (Å²) in [5, 5.41) is 4.70. The standard InChI is InChI=1S/C21H20N2O3S/c24-19(20-4-2-12-27-20)9-10-21(25)23-14-16-5-7-18(8-6-16)26-15-17-3-1-11-22-13-17/h1-8,11-13H,9-10,14-15H2,(H,23,25). The Morgan fingerprint density at radius 2 is 1.85 bits per heavy atom. The summed E-state index contributed by atoms with van der Waals surface area (Å²) in [4.78, 5) is 28.6. The van der Waals surface area contributed by atoms with Gasteiger partial charge in [0.2, 0.25) is 5.91 Å². The highest BCUT2D eigenvalue weighted by Gasteiger charge is 2.10. The zero-order valence-electron chi connectivity index (χ0n) is 14.8. The van der Waals surface area contributed by atoms with Crippen LogP contribution in [0.2, 0.25) is 0 Å². The number of thiophene rings is 1. The smallest absolute Gasteiger partial charge is 0.220 e. The number of amides is 1. The van der Waals surface area contributed by atoms with Crippen LogP contribution in [-0.2, 0) is 17.9 Å². The molecule has 0 aliphatic carbocycles. The largest absolute Gasteiger partial charge is 0.489 e. The summed E-state index contributed by atoms with van der Waals surface area (Å²) in [6, 6.07) is 15.0. The summed E-state index contributed by atoms with van der Waals surface area (Å²) in [7, 11) is 0. The molecule has 0 atom stereocenters. The van der Waals surface area contributed by atoms with Gasteiger partial charge in [-0.25, -0.2) is 0 Å². The van der Waals surface area contributed by atoms with Crippen LogP contribution in [0.5, 0.6) is 5.75 Å². The third-order valence-corrected chi connectivity index (χ3v) is 4.83. The Hall–Kier alpha value is -2.99. The Morgan fingerprint density at radius 3 is 2.56 bits per heavy atom. The molecule has 6 heteroatoms. The predicted octanol–water partition coefficient (Wildman–Crippen LogP) is 4.00. The second-order valence-electron chi connectivity index (χ2n) is 5.97. The summed E-state index contributed by atoms with van der Waals surface area (Å²) in [5.41, 5.74) is 1.98. The van der Waals surface area contributed by atoms with Crippen molar-refractivity contribution in [1.82, 2.24) is 10.3 Å². The molecule has 0 radical (unpaired) electrons. The number of hydrogen-bond acceptors (Lipinski definition) is 5. The van der Waals surface area contributed by atoms with Crippen molar-refractivity contribution in [2.24, 2.45) is 0 Å². The van der Waals surface area contributed by atoms with E-state index in [9.17, 15) is 9.59 Å². The van der Waals surface area contributed by atoms with Crippen LogP contribution in [0.4, 0.5) is 0 Å². The van der Waals surface area contributed by atoms with Crippen molar-refractivity contribution in [1.29, 1.82) is 0 Å². The van der Waals surface area contributed by atoms with E-state index in [4.69, 9.17) is 4.74 Å². The average molecular weight is 380 g/mol. The fraction of sp³-hybridized carbons (Fsp3) is 0.190. The first kappa shape index (κ1) is 18.8. The highest BCUT2D eigenvalue weighted by Crippen LogP contribution is 2.15. The number of nitrogens with zero attached hydrogens (tertiary/aromatic N) is 1. The van der Waals surface area contributed by atoms with Crippen LogP contribution in [0, 0.1) is 0 Å². The third-order valence-electron chi connectivity index (χ3n) is 3.92. The average Bonchev–Trinajstić information content (AvgIpc) is 3.25. The summed E-state index contributed by atoms with van der Waals surface area (Å²) < 4.78 is 5.71. The summed E-state index contributed by atoms with van der Waals surface area (Å²) in [6.45, 7) is 0.886. The van der Waals surface area contributed by atoms with Crippen molar-refractivity contribution in [2.45, 2.75) is 26.0 Å². The van der Waals surface area contributed by atoms with Crippen LogP contribution in [0.1, 0.15) is 33.6 Å². The molecule has 0 spiro atoms. The zero-order chi connectivity index (χ0) is 18.9. The molecule has 0 unspecified atom stereocenters. The maximum absolute atomic E-state index is 11.9. The van der Waals surface area contributed by atoms with E-state index in [0.29, 0.717) is 18.0 Å². The molecule has 138 valence electrons. The number of Topliss-reactive ketones (excluding diaryl/α,β-unsaturated/α-hetero) is 1. The highest BCUT2D eigenvalue weighted by atomic mass is 32.1. The number of carbonyl (C=O) groups excluding carboxylic acids is 2. The van der Waals surface area contributed by atoms with Crippen LogP contribution in [0.25, 0.3) is 0 Å². The Kier molecular flexibility index (Phi) is 6.71. The molecule has 3 aromatic rings. The van der Waals surface area contributed by atoms with Gasteiger partial charge >= 0.3 is 0 Å². The van der Waals surface area contributed by atoms with Crippen LogP contribution < -0.4 is 10.1 Å². The topological polar surface area (TPSA) is 68.3 Å². The first-order valence-corrected chi connectivity index (χ1v) is 9.53. The summed E-state index contributed by atoms with van der Waals surface area (Å²) in [5.74, 6) is 0.641. The van der Waals surface area contributed by atoms with Gasteiger partial charge in [-0.05, 0) is 35.2 Å². The lowest BCUT2D eigenvalue weighted by atomic mass is 10.1. The number of ether oxygens (including phenoxy) is 1. The molecule has 2 heterocycles. The number of nitrogens with one attached hydrogen (secondary N) is 1. The lowest BCUT2D eigenvalue weighted by molar-refractivity contribution is -0.121. The van der Waals surface area contributed by atoms with Crippen molar-refractivity contribution in [3.05, 3.63) is 82.3 Å². The fourth-order valence-corrected chi connectivity index (χ4v) is 3.12. The molecule has 0 aliphatic heterocycles. The number of ketones is 1. The van der Waals surface area contributed by atoms with E-state index in [-0.39, 0.29) is 24.5 Å². The van der Waals surface area contributed by atoms with E-state index < -0.39 is 0 Å². The molecular weight excluding hydrogens is 360 g/mol. The maximum atomic E-state index is 11.9. The van der Waals surface area contributed by atoms with E-state index in [1.807, 2.05) is 47.8 Å². The minimum Gasteiger partial charge on any atom is -0.489 e. The van der Waals surface area contributed by atoms with Gasteiger partial charge in [-0.3, -0.25) is 14.6 Å². The normalized spacial score (nSPS) is 10.4. The molecule has 2 aromatic heterocycles. The number of hydrogen-bond donors (Lipinski definition) is 1. The van der Waals surface area contributed by atoms with Crippen LogP contribution in [0.3, 0.4) is 0 Å². The molecule has 0 bridgehead atoms. The number of rotatable bonds is 9. The zero-order valence-corrected chi connectivity index (χ0v) is 15.6. The first-order chi connectivity index (χ1) is 13.2. The van der Waals surface area contributed by atoms with Crippen molar-refractivity contribution in [3.63, 3.8) is 0 Å². The molecule has 5 nitrogen and oxygen atoms in total. The lowest BCUT2D eigenvalue weighted by Gasteiger charge is -2.08. The van der Waals surface area contributed by atoms with Gasteiger partial charge in [-0.2, -0.15) is 0 Å². The van der Waals surface area contributed by atoms with Crippen molar-refractivity contribution in [2.75, 3.05) is 0 Å². The van der Waals surface area contributed by atoms with Gasteiger partial charge in [0.1, 0.15) is 12.4 Å². The van der Waals surface area contributed by atoms with Crippen molar-refractivity contribution < 1.29 is 14.3 Å².